The minimum Gasteiger partial charge on any atom is -0.375 e. The zero-order valence-corrected chi connectivity index (χ0v) is 18.4. The highest BCUT2D eigenvalue weighted by Crippen LogP contribution is 2.41. The van der Waals surface area contributed by atoms with Gasteiger partial charge in [0.15, 0.2) is 0 Å². The van der Waals surface area contributed by atoms with Gasteiger partial charge in [-0.25, -0.2) is 0 Å². The Labute approximate surface area is 187 Å². The normalized spacial score (nSPS) is 19.0. The SMILES string of the molecule is COCC(=O)N[C@H]1CCC[C@@H](c2[nH]nc(-c3ccc(Cl)cc3)c2-c2ccncc2)CC1. The van der Waals surface area contributed by atoms with Crippen LogP contribution in [0.1, 0.15) is 43.7 Å². The molecular formula is C24H27ClN4O2. The van der Waals surface area contributed by atoms with Crippen molar-refractivity contribution in [2.24, 2.45) is 0 Å². The van der Waals surface area contributed by atoms with E-state index in [1.807, 2.05) is 48.8 Å². The minimum atomic E-state index is -0.0463. The number of benzene rings is 1. The molecule has 4 rings (SSSR count). The first-order valence-corrected chi connectivity index (χ1v) is 11.1. The minimum absolute atomic E-state index is 0.0463. The third-order valence-electron chi connectivity index (χ3n) is 5.90. The number of hydrogen-bond acceptors (Lipinski definition) is 4. The van der Waals surface area contributed by atoms with Crippen LogP contribution in [0.2, 0.25) is 5.02 Å². The number of hydrogen-bond donors (Lipinski definition) is 2. The zero-order valence-electron chi connectivity index (χ0n) is 17.6. The lowest BCUT2D eigenvalue weighted by molar-refractivity contribution is -0.125. The van der Waals surface area contributed by atoms with Gasteiger partial charge >= 0.3 is 0 Å². The summed E-state index contributed by atoms with van der Waals surface area (Å²) in [7, 11) is 1.54. The molecule has 3 aromatic rings. The van der Waals surface area contributed by atoms with Crippen LogP contribution in [0.3, 0.4) is 0 Å². The van der Waals surface area contributed by atoms with E-state index in [0.29, 0.717) is 10.9 Å². The number of nitrogens with zero attached hydrogens (tertiary/aromatic N) is 2. The van der Waals surface area contributed by atoms with Crippen LogP contribution in [0.4, 0.5) is 0 Å². The topological polar surface area (TPSA) is 79.9 Å². The van der Waals surface area contributed by atoms with E-state index in [2.05, 4.69) is 15.4 Å². The van der Waals surface area contributed by atoms with Gasteiger partial charge in [-0.3, -0.25) is 14.9 Å². The van der Waals surface area contributed by atoms with E-state index in [1.54, 1.807) is 7.11 Å². The largest absolute Gasteiger partial charge is 0.375 e. The van der Waals surface area contributed by atoms with Gasteiger partial charge in [-0.15, -0.1) is 0 Å². The fraction of sp³-hybridized carbons (Fsp3) is 0.375. The second-order valence-corrected chi connectivity index (χ2v) is 8.44. The summed E-state index contributed by atoms with van der Waals surface area (Å²) >= 11 is 6.10. The molecule has 0 saturated heterocycles. The fourth-order valence-electron chi connectivity index (χ4n) is 4.41. The predicted molar refractivity (Wildman–Crippen MR) is 122 cm³/mol. The Morgan fingerprint density at radius 3 is 2.61 bits per heavy atom. The molecule has 0 spiro atoms. The molecule has 7 heteroatoms. The number of methoxy groups -OCH3 is 1. The molecule has 2 heterocycles. The van der Waals surface area contributed by atoms with Gasteiger partial charge in [0.25, 0.3) is 0 Å². The first-order valence-electron chi connectivity index (χ1n) is 10.7. The molecule has 162 valence electrons. The number of aromatic amines is 1. The van der Waals surface area contributed by atoms with Crippen LogP contribution in [0, 0.1) is 0 Å². The summed E-state index contributed by atoms with van der Waals surface area (Å²) in [6.45, 7) is 0.108. The van der Waals surface area contributed by atoms with Crippen LogP contribution in [-0.4, -0.2) is 40.8 Å². The van der Waals surface area contributed by atoms with Crippen LogP contribution in [0.25, 0.3) is 22.4 Å². The van der Waals surface area contributed by atoms with Crippen LogP contribution in [0.15, 0.2) is 48.8 Å². The molecule has 1 amide bonds. The molecule has 1 aliphatic rings. The highest BCUT2D eigenvalue weighted by Gasteiger charge is 2.27. The molecule has 1 aliphatic carbocycles. The Kier molecular flexibility index (Phi) is 6.99. The van der Waals surface area contributed by atoms with Gasteiger partial charge in [0, 0.05) is 53.3 Å². The molecule has 0 unspecified atom stereocenters. The van der Waals surface area contributed by atoms with E-state index in [1.165, 1.54) is 0 Å². The van der Waals surface area contributed by atoms with Crippen molar-refractivity contribution in [3.05, 3.63) is 59.5 Å². The number of pyridine rings is 1. The van der Waals surface area contributed by atoms with Crippen molar-refractivity contribution in [1.82, 2.24) is 20.5 Å². The molecule has 0 aliphatic heterocycles. The van der Waals surface area contributed by atoms with Gasteiger partial charge in [0.2, 0.25) is 5.91 Å². The molecule has 1 aromatic carbocycles. The Hall–Kier alpha value is -2.70. The van der Waals surface area contributed by atoms with E-state index < -0.39 is 0 Å². The average Bonchev–Trinajstić information content (AvgIpc) is 3.09. The van der Waals surface area contributed by atoms with Crippen molar-refractivity contribution in [2.45, 2.75) is 44.1 Å². The van der Waals surface area contributed by atoms with Crippen molar-refractivity contribution in [2.75, 3.05) is 13.7 Å². The van der Waals surface area contributed by atoms with Crippen LogP contribution >= 0.6 is 11.6 Å². The standard InChI is InChI=1S/C24H27ClN4O2/c1-31-15-21(30)27-20-4-2-3-17(7-10-20)23-22(16-11-13-26-14-12-16)24(29-28-23)18-5-8-19(25)9-6-18/h5-6,8-9,11-14,17,20H,2-4,7,10,15H2,1H3,(H,27,30)(H,28,29)/t17-,20+/m1/s1. The van der Waals surface area contributed by atoms with E-state index >= 15 is 0 Å². The smallest absolute Gasteiger partial charge is 0.246 e. The summed E-state index contributed by atoms with van der Waals surface area (Å²) in [5.74, 6) is 0.302. The maximum atomic E-state index is 11.9. The van der Waals surface area contributed by atoms with Gasteiger partial charge in [0.05, 0.1) is 0 Å². The third-order valence-corrected chi connectivity index (χ3v) is 6.15. The molecular weight excluding hydrogens is 412 g/mol. The summed E-state index contributed by atoms with van der Waals surface area (Å²) in [5.41, 5.74) is 5.32. The van der Waals surface area contributed by atoms with E-state index in [4.69, 9.17) is 21.4 Å². The Bertz CT molecular complexity index is 1000. The van der Waals surface area contributed by atoms with Crippen molar-refractivity contribution < 1.29 is 9.53 Å². The quantitative estimate of drug-likeness (QED) is 0.532. The zero-order chi connectivity index (χ0) is 21.6. The number of ether oxygens (including phenoxy) is 1. The Morgan fingerprint density at radius 1 is 1.10 bits per heavy atom. The number of carbonyl (C=O) groups is 1. The van der Waals surface area contributed by atoms with Gasteiger partial charge in [-0.05, 0) is 55.5 Å². The lowest BCUT2D eigenvalue weighted by atomic mass is 9.89. The molecule has 1 saturated carbocycles. The molecule has 31 heavy (non-hydrogen) atoms. The molecule has 1 fully saturated rings. The van der Waals surface area contributed by atoms with Crippen molar-refractivity contribution in [3.63, 3.8) is 0 Å². The van der Waals surface area contributed by atoms with Crippen LogP contribution in [-0.2, 0) is 9.53 Å². The lowest BCUT2D eigenvalue weighted by Crippen LogP contribution is -2.36. The van der Waals surface area contributed by atoms with Gasteiger partial charge in [-0.1, -0.05) is 30.2 Å². The van der Waals surface area contributed by atoms with E-state index in [0.717, 1.165) is 60.2 Å². The number of rotatable bonds is 6. The van der Waals surface area contributed by atoms with Gasteiger partial charge in [-0.2, -0.15) is 5.10 Å². The monoisotopic (exact) mass is 438 g/mol. The Morgan fingerprint density at radius 2 is 1.87 bits per heavy atom. The second kappa shape index (κ2) is 10.1. The maximum Gasteiger partial charge on any atom is 0.246 e. The van der Waals surface area contributed by atoms with Gasteiger partial charge in [0.1, 0.15) is 12.3 Å². The van der Waals surface area contributed by atoms with Crippen LogP contribution < -0.4 is 5.32 Å². The van der Waals surface area contributed by atoms with Crippen molar-refractivity contribution in [1.29, 1.82) is 0 Å². The number of amides is 1. The van der Waals surface area contributed by atoms with Crippen molar-refractivity contribution >= 4 is 17.5 Å². The number of halogens is 1. The fourth-order valence-corrected chi connectivity index (χ4v) is 4.54. The summed E-state index contributed by atoms with van der Waals surface area (Å²) in [6.07, 6.45) is 8.63. The van der Waals surface area contributed by atoms with Crippen LogP contribution in [0.5, 0.6) is 0 Å². The second-order valence-electron chi connectivity index (χ2n) is 8.01. The summed E-state index contributed by atoms with van der Waals surface area (Å²) in [5, 5.41) is 11.9. The number of nitrogens with one attached hydrogen (secondary N) is 2. The molecule has 0 bridgehead atoms. The lowest BCUT2D eigenvalue weighted by Gasteiger charge is -2.17. The number of carbonyl (C=O) groups excluding carboxylic acids is 1. The molecule has 2 atom stereocenters. The highest BCUT2D eigenvalue weighted by molar-refractivity contribution is 6.30. The summed E-state index contributed by atoms with van der Waals surface area (Å²) < 4.78 is 4.95. The molecule has 2 N–H and O–H groups in total. The summed E-state index contributed by atoms with van der Waals surface area (Å²) in [4.78, 5) is 16.1. The van der Waals surface area contributed by atoms with E-state index in [9.17, 15) is 4.79 Å². The maximum absolute atomic E-state index is 11.9. The molecule has 2 aromatic heterocycles. The number of H-pyrrole nitrogens is 1. The van der Waals surface area contributed by atoms with Crippen molar-refractivity contribution in [3.8, 4) is 22.4 Å². The highest BCUT2D eigenvalue weighted by atomic mass is 35.5. The third kappa shape index (κ3) is 5.14. The molecule has 6 nitrogen and oxygen atoms in total. The summed E-state index contributed by atoms with van der Waals surface area (Å²) in [6, 6.07) is 12.0. The van der Waals surface area contributed by atoms with E-state index in [-0.39, 0.29) is 18.6 Å². The first kappa shape index (κ1) is 21.5. The van der Waals surface area contributed by atoms with Gasteiger partial charge < -0.3 is 10.1 Å². The molecule has 0 radical (unpaired) electrons. The number of aromatic nitrogens is 3. The first-order chi connectivity index (χ1) is 15.2. The Balaban J connectivity index is 1.62. The predicted octanol–water partition coefficient (Wildman–Crippen LogP) is 4.97. The average molecular weight is 439 g/mol.